The number of aryl methyl sites for hydroxylation is 1. The van der Waals surface area contributed by atoms with Crippen molar-refractivity contribution in [2.45, 2.75) is 36.8 Å². The fraction of sp³-hybridized carbons (Fsp3) is 0.381. The predicted octanol–water partition coefficient (Wildman–Crippen LogP) is 3.86. The molecule has 0 aliphatic carbocycles. The highest BCUT2D eigenvalue weighted by Gasteiger charge is 2.38. The number of rotatable bonds is 5. The molecule has 0 spiro atoms. The minimum absolute atomic E-state index is 0.0156. The van der Waals surface area contributed by atoms with E-state index in [1.807, 2.05) is 6.07 Å². The van der Waals surface area contributed by atoms with E-state index in [1.165, 1.54) is 19.2 Å². The molecule has 32 heavy (non-hydrogen) atoms. The maximum atomic E-state index is 13.3. The minimum Gasteiger partial charge on any atom is -0.492 e. The Balaban J connectivity index is 1.99. The van der Waals surface area contributed by atoms with Crippen molar-refractivity contribution >= 4 is 16.1 Å². The van der Waals surface area contributed by atoms with Crippen LogP contribution in [0.25, 0.3) is 0 Å². The number of nitrogens with zero attached hydrogens (tertiary/aromatic N) is 1. The molecule has 2 aromatic rings. The maximum absolute atomic E-state index is 13.3. The average molecular weight is 472 g/mol. The van der Waals surface area contributed by atoms with E-state index in [9.17, 15) is 21.6 Å². The van der Waals surface area contributed by atoms with E-state index in [-0.39, 0.29) is 23.4 Å². The number of hydrogen-bond acceptors (Lipinski definition) is 5. The largest absolute Gasteiger partial charge is 0.492 e. The Morgan fingerprint density at radius 3 is 2.38 bits per heavy atom. The molecular weight excluding hydrogens is 447 g/mol. The van der Waals surface area contributed by atoms with Crippen LogP contribution in [-0.2, 0) is 16.3 Å². The second-order valence-electron chi connectivity index (χ2n) is 7.56. The lowest BCUT2D eigenvalue weighted by atomic mass is 9.88. The molecule has 0 amide bonds. The normalized spacial score (nSPS) is 15.5. The smallest absolute Gasteiger partial charge is 0.417 e. The van der Waals surface area contributed by atoms with Gasteiger partial charge in [0.2, 0.25) is 0 Å². The Kier molecular flexibility index (Phi) is 6.59. The number of guanidine groups is 1. The number of hydrogen-bond donors (Lipinski definition) is 2. The van der Waals surface area contributed by atoms with Crippen molar-refractivity contribution in [1.29, 1.82) is 5.41 Å². The zero-order valence-corrected chi connectivity index (χ0v) is 18.4. The molecule has 2 aromatic carbocycles. The first-order chi connectivity index (χ1) is 14.9. The van der Waals surface area contributed by atoms with Crippen LogP contribution < -0.4 is 14.7 Å². The number of nitrogens with two attached hydrogens (primary N) is 1. The third-order valence-electron chi connectivity index (χ3n) is 5.37. The second kappa shape index (κ2) is 8.89. The molecular formula is C21H24F3N3O4S. The van der Waals surface area contributed by atoms with Gasteiger partial charge in [-0.25, -0.2) is 0 Å². The summed E-state index contributed by atoms with van der Waals surface area (Å²) in [5.41, 5.74) is 5.61. The highest BCUT2D eigenvalue weighted by Crippen LogP contribution is 2.42. The predicted molar refractivity (Wildman–Crippen MR) is 112 cm³/mol. The summed E-state index contributed by atoms with van der Waals surface area (Å²) in [4.78, 5) is 0.765. The molecule has 3 N–H and O–H groups in total. The lowest BCUT2D eigenvalue weighted by molar-refractivity contribution is -0.139. The average Bonchev–Trinajstić information content (AvgIpc) is 2.72. The standard InChI is InChI=1S/C21H24F3N3O4S/c1-13-11-15(14-7-9-27(10-8-14)20(25)26)19(30-2)17(12-13)31-32(28,29)18-6-4-3-5-16(18)21(22,23)24/h3-6,11-12,14H,7-10H2,1-2H3,(H3,25,26). The van der Waals surface area contributed by atoms with Gasteiger partial charge in [0.1, 0.15) is 4.90 Å². The van der Waals surface area contributed by atoms with Crippen LogP contribution in [0.1, 0.15) is 35.4 Å². The van der Waals surface area contributed by atoms with Gasteiger partial charge >= 0.3 is 16.3 Å². The third-order valence-corrected chi connectivity index (χ3v) is 6.66. The zero-order chi connectivity index (χ0) is 23.7. The number of alkyl halides is 3. The quantitative estimate of drug-likeness (QED) is 0.390. The minimum atomic E-state index is -4.86. The van der Waals surface area contributed by atoms with Gasteiger partial charge in [0, 0.05) is 18.7 Å². The van der Waals surface area contributed by atoms with Crippen LogP contribution in [0.5, 0.6) is 11.5 Å². The molecule has 11 heteroatoms. The van der Waals surface area contributed by atoms with E-state index in [1.54, 1.807) is 11.8 Å². The van der Waals surface area contributed by atoms with E-state index in [2.05, 4.69) is 0 Å². The van der Waals surface area contributed by atoms with Crippen LogP contribution in [0, 0.1) is 12.3 Å². The molecule has 1 saturated heterocycles. The van der Waals surface area contributed by atoms with Crippen molar-refractivity contribution in [3.63, 3.8) is 0 Å². The molecule has 0 bridgehead atoms. The molecule has 1 aliphatic heterocycles. The summed E-state index contributed by atoms with van der Waals surface area (Å²) in [6.07, 6.45) is -3.58. The molecule has 7 nitrogen and oxygen atoms in total. The van der Waals surface area contributed by atoms with Crippen LogP contribution in [0.4, 0.5) is 13.2 Å². The molecule has 174 valence electrons. The van der Waals surface area contributed by atoms with Crippen LogP contribution >= 0.6 is 0 Å². The van der Waals surface area contributed by atoms with Crippen LogP contribution in [0.2, 0.25) is 0 Å². The fourth-order valence-electron chi connectivity index (χ4n) is 3.86. The summed E-state index contributed by atoms with van der Waals surface area (Å²) >= 11 is 0. The highest BCUT2D eigenvalue weighted by molar-refractivity contribution is 7.87. The summed E-state index contributed by atoms with van der Waals surface area (Å²) in [6.45, 7) is 2.83. The molecule has 1 heterocycles. The zero-order valence-electron chi connectivity index (χ0n) is 17.6. The van der Waals surface area contributed by atoms with Gasteiger partial charge in [-0.3, -0.25) is 5.41 Å². The summed E-state index contributed by atoms with van der Waals surface area (Å²) in [5.74, 6) is -0.0514. The van der Waals surface area contributed by atoms with Crippen LogP contribution in [-0.4, -0.2) is 39.5 Å². The van der Waals surface area contributed by atoms with Gasteiger partial charge in [-0.2, -0.15) is 21.6 Å². The van der Waals surface area contributed by atoms with Gasteiger partial charge in [0.05, 0.1) is 12.7 Å². The first kappa shape index (κ1) is 23.7. The van der Waals surface area contributed by atoms with Gasteiger partial charge in [-0.15, -0.1) is 0 Å². The SMILES string of the molecule is COc1c(OS(=O)(=O)c2ccccc2C(F)(F)F)cc(C)cc1C1CCN(C(=N)N)CC1. The first-order valence-electron chi connectivity index (χ1n) is 9.82. The van der Waals surface area contributed by atoms with E-state index in [0.717, 1.165) is 12.1 Å². The monoisotopic (exact) mass is 471 g/mol. The van der Waals surface area contributed by atoms with Crippen molar-refractivity contribution in [2.75, 3.05) is 20.2 Å². The Morgan fingerprint density at radius 2 is 1.81 bits per heavy atom. The maximum Gasteiger partial charge on any atom is 0.417 e. The van der Waals surface area contributed by atoms with Gasteiger partial charge in [-0.05, 0) is 49.4 Å². The molecule has 1 aliphatic rings. The third kappa shape index (κ3) is 4.93. The molecule has 0 radical (unpaired) electrons. The Bertz CT molecular complexity index is 1110. The van der Waals surface area contributed by atoms with E-state index >= 15 is 0 Å². The molecule has 1 fully saturated rings. The van der Waals surface area contributed by atoms with Gasteiger partial charge in [0.15, 0.2) is 17.5 Å². The number of ether oxygens (including phenoxy) is 1. The van der Waals surface area contributed by atoms with E-state index in [0.29, 0.717) is 43.1 Å². The molecule has 3 rings (SSSR count). The number of benzene rings is 2. The van der Waals surface area contributed by atoms with Crippen molar-refractivity contribution in [3.05, 3.63) is 53.1 Å². The number of nitrogens with one attached hydrogen (secondary N) is 1. The molecule has 0 unspecified atom stereocenters. The number of methoxy groups -OCH3 is 1. The molecule has 0 aromatic heterocycles. The van der Waals surface area contributed by atoms with Gasteiger partial charge < -0.3 is 19.6 Å². The summed E-state index contributed by atoms with van der Waals surface area (Å²) < 4.78 is 76.4. The van der Waals surface area contributed by atoms with Crippen molar-refractivity contribution < 1.29 is 30.5 Å². The Labute approximate surface area is 184 Å². The summed E-state index contributed by atoms with van der Waals surface area (Å²) in [7, 11) is -3.45. The number of piperidine rings is 1. The van der Waals surface area contributed by atoms with E-state index < -0.39 is 26.8 Å². The van der Waals surface area contributed by atoms with Gasteiger partial charge in [-0.1, -0.05) is 18.2 Å². The topological polar surface area (TPSA) is 106 Å². The van der Waals surface area contributed by atoms with Crippen LogP contribution in [0.15, 0.2) is 41.3 Å². The molecule has 0 saturated carbocycles. The van der Waals surface area contributed by atoms with Crippen molar-refractivity contribution in [3.8, 4) is 11.5 Å². The lowest BCUT2D eigenvalue weighted by Crippen LogP contribution is -2.41. The highest BCUT2D eigenvalue weighted by atomic mass is 32.2. The van der Waals surface area contributed by atoms with Gasteiger partial charge in [0.25, 0.3) is 0 Å². The van der Waals surface area contributed by atoms with Crippen molar-refractivity contribution in [2.24, 2.45) is 5.73 Å². The summed E-state index contributed by atoms with van der Waals surface area (Å²) in [5, 5.41) is 7.56. The Morgan fingerprint density at radius 1 is 1.19 bits per heavy atom. The van der Waals surface area contributed by atoms with Crippen molar-refractivity contribution in [1.82, 2.24) is 4.90 Å². The summed E-state index contributed by atoms with van der Waals surface area (Å²) in [6, 6.07) is 7.13. The Hall–Kier alpha value is -2.95. The fourth-order valence-corrected chi connectivity index (χ4v) is 5.01. The lowest BCUT2D eigenvalue weighted by Gasteiger charge is -2.33. The number of likely N-dealkylation sites (tertiary alicyclic amines) is 1. The van der Waals surface area contributed by atoms with Crippen LogP contribution in [0.3, 0.4) is 0 Å². The van der Waals surface area contributed by atoms with E-state index in [4.69, 9.17) is 20.1 Å². The molecule has 0 atom stereocenters. The second-order valence-corrected chi connectivity index (χ2v) is 9.08. The first-order valence-corrected chi connectivity index (χ1v) is 11.2. The number of halogens is 3.